The SMILES string of the molecule is Cc1cc(N=C2NC(=O)/C(=C/c3ccc(OCc4cccc(F)c4)c(Br)c3)S2)cc(C)c1Br. The van der Waals surface area contributed by atoms with Crippen LogP contribution in [0.5, 0.6) is 5.75 Å². The van der Waals surface area contributed by atoms with Gasteiger partial charge in [0.25, 0.3) is 5.91 Å². The van der Waals surface area contributed by atoms with E-state index in [1.165, 1.54) is 23.9 Å². The van der Waals surface area contributed by atoms with E-state index in [2.05, 4.69) is 42.2 Å². The number of hydrogen-bond acceptors (Lipinski definition) is 4. The van der Waals surface area contributed by atoms with E-state index in [1.807, 2.05) is 56.3 Å². The van der Waals surface area contributed by atoms with Gasteiger partial charge in [-0.25, -0.2) is 9.38 Å². The molecule has 1 aliphatic rings. The standard InChI is InChI=1S/C25H19Br2FN2O2S/c1-14-8-19(9-15(2)23(14)27)29-25-30-24(31)22(33-25)12-16-6-7-21(20(26)11-16)32-13-17-4-3-5-18(28)10-17/h3-12H,13H2,1-2H3,(H,29,30,31)/b22-12-. The lowest BCUT2D eigenvalue weighted by Gasteiger charge is -2.09. The third-order valence-corrected chi connectivity index (χ3v) is 7.62. The van der Waals surface area contributed by atoms with Crippen molar-refractivity contribution in [1.82, 2.24) is 5.32 Å². The predicted octanol–water partition coefficient (Wildman–Crippen LogP) is 7.44. The number of benzene rings is 3. The Morgan fingerprint density at radius 3 is 2.55 bits per heavy atom. The number of ether oxygens (including phenoxy) is 1. The lowest BCUT2D eigenvalue weighted by atomic mass is 10.1. The van der Waals surface area contributed by atoms with Gasteiger partial charge < -0.3 is 10.1 Å². The van der Waals surface area contributed by atoms with Crippen LogP contribution in [0.1, 0.15) is 22.3 Å². The van der Waals surface area contributed by atoms with Crippen molar-refractivity contribution in [2.75, 3.05) is 0 Å². The van der Waals surface area contributed by atoms with Gasteiger partial charge in [0, 0.05) is 4.47 Å². The van der Waals surface area contributed by atoms with E-state index in [0.717, 1.165) is 36.9 Å². The number of aliphatic imine (C=N–C) groups is 1. The first-order chi connectivity index (χ1) is 15.8. The summed E-state index contributed by atoms with van der Waals surface area (Å²) in [5.74, 6) is 0.151. The average Bonchev–Trinajstić information content (AvgIpc) is 3.10. The molecule has 3 aromatic rings. The van der Waals surface area contributed by atoms with Crippen LogP contribution in [-0.2, 0) is 11.4 Å². The predicted molar refractivity (Wildman–Crippen MR) is 139 cm³/mol. The van der Waals surface area contributed by atoms with Gasteiger partial charge in [-0.3, -0.25) is 4.79 Å². The van der Waals surface area contributed by atoms with Crippen molar-refractivity contribution in [1.29, 1.82) is 0 Å². The molecule has 0 bridgehead atoms. The van der Waals surface area contributed by atoms with Crippen LogP contribution >= 0.6 is 43.6 Å². The van der Waals surface area contributed by atoms with Crippen molar-refractivity contribution in [2.24, 2.45) is 4.99 Å². The van der Waals surface area contributed by atoms with Crippen LogP contribution in [-0.4, -0.2) is 11.1 Å². The fourth-order valence-electron chi connectivity index (χ4n) is 3.25. The van der Waals surface area contributed by atoms with E-state index in [4.69, 9.17) is 4.74 Å². The van der Waals surface area contributed by atoms with E-state index in [-0.39, 0.29) is 18.3 Å². The van der Waals surface area contributed by atoms with Crippen LogP contribution in [0.25, 0.3) is 6.08 Å². The molecular weight excluding hydrogens is 571 g/mol. The highest BCUT2D eigenvalue weighted by Crippen LogP contribution is 2.33. The van der Waals surface area contributed by atoms with Gasteiger partial charge in [0.05, 0.1) is 15.1 Å². The van der Waals surface area contributed by atoms with Crippen molar-refractivity contribution in [3.8, 4) is 5.75 Å². The highest BCUT2D eigenvalue weighted by Gasteiger charge is 2.24. The van der Waals surface area contributed by atoms with Gasteiger partial charge in [0.2, 0.25) is 0 Å². The van der Waals surface area contributed by atoms with Crippen LogP contribution in [0.4, 0.5) is 10.1 Å². The van der Waals surface area contributed by atoms with Crippen LogP contribution < -0.4 is 10.1 Å². The van der Waals surface area contributed by atoms with E-state index >= 15 is 0 Å². The number of hydrogen-bond donors (Lipinski definition) is 1. The first kappa shape index (κ1) is 23.7. The number of thioether (sulfide) groups is 1. The largest absolute Gasteiger partial charge is 0.488 e. The summed E-state index contributed by atoms with van der Waals surface area (Å²) in [6, 6.07) is 15.8. The van der Waals surface area contributed by atoms with Gasteiger partial charge in [-0.05, 0) is 106 Å². The van der Waals surface area contributed by atoms with E-state index in [0.29, 0.717) is 15.8 Å². The van der Waals surface area contributed by atoms with Crippen molar-refractivity contribution < 1.29 is 13.9 Å². The number of carbonyl (C=O) groups excluding carboxylic acids is 1. The third-order valence-electron chi connectivity index (χ3n) is 4.84. The van der Waals surface area contributed by atoms with E-state index in [9.17, 15) is 9.18 Å². The van der Waals surface area contributed by atoms with Crippen LogP contribution in [0.3, 0.4) is 0 Å². The molecule has 0 atom stereocenters. The van der Waals surface area contributed by atoms with Gasteiger partial charge >= 0.3 is 0 Å². The molecule has 0 radical (unpaired) electrons. The second-order valence-electron chi connectivity index (χ2n) is 7.48. The molecule has 1 N–H and O–H groups in total. The van der Waals surface area contributed by atoms with Gasteiger partial charge in [0.15, 0.2) is 5.17 Å². The second-order valence-corrected chi connectivity index (χ2v) is 10.2. The Morgan fingerprint density at radius 1 is 1.09 bits per heavy atom. The van der Waals surface area contributed by atoms with Crippen molar-refractivity contribution in [2.45, 2.75) is 20.5 Å². The zero-order valence-electron chi connectivity index (χ0n) is 17.8. The molecule has 1 fully saturated rings. The lowest BCUT2D eigenvalue weighted by molar-refractivity contribution is -0.115. The van der Waals surface area contributed by atoms with E-state index in [1.54, 1.807) is 6.07 Å². The summed E-state index contributed by atoms with van der Waals surface area (Å²) in [5.41, 5.74) is 4.55. The fraction of sp³-hybridized carbons (Fsp3) is 0.120. The average molecular weight is 590 g/mol. The molecule has 3 aromatic carbocycles. The zero-order valence-corrected chi connectivity index (χ0v) is 21.8. The smallest absolute Gasteiger partial charge is 0.264 e. The Kier molecular flexibility index (Phi) is 7.36. The maximum absolute atomic E-state index is 13.3. The topological polar surface area (TPSA) is 50.7 Å². The number of nitrogens with one attached hydrogen (secondary N) is 1. The minimum absolute atomic E-state index is 0.188. The van der Waals surface area contributed by atoms with Crippen molar-refractivity contribution in [3.63, 3.8) is 0 Å². The van der Waals surface area contributed by atoms with Crippen molar-refractivity contribution in [3.05, 3.63) is 96.5 Å². The Balaban J connectivity index is 1.47. The monoisotopic (exact) mass is 588 g/mol. The Labute approximate surface area is 212 Å². The molecule has 4 nitrogen and oxygen atoms in total. The highest BCUT2D eigenvalue weighted by molar-refractivity contribution is 9.10. The number of amides is 1. The summed E-state index contributed by atoms with van der Waals surface area (Å²) < 4.78 is 20.9. The molecular formula is C25H19Br2FN2O2S. The molecule has 8 heteroatoms. The van der Waals surface area contributed by atoms with Crippen molar-refractivity contribution >= 4 is 66.5 Å². The quantitative estimate of drug-likeness (QED) is 0.315. The number of nitrogens with zero attached hydrogens (tertiary/aromatic N) is 1. The Morgan fingerprint density at radius 2 is 1.85 bits per heavy atom. The number of halogens is 3. The van der Waals surface area contributed by atoms with Gasteiger partial charge in [-0.2, -0.15) is 0 Å². The number of carbonyl (C=O) groups is 1. The lowest BCUT2D eigenvalue weighted by Crippen LogP contribution is -2.19. The minimum Gasteiger partial charge on any atom is -0.488 e. The van der Waals surface area contributed by atoms with Gasteiger partial charge in [0.1, 0.15) is 18.2 Å². The molecule has 0 aromatic heterocycles. The molecule has 1 amide bonds. The molecule has 0 spiro atoms. The normalized spacial score (nSPS) is 15.8. The molecule has 1 aliphatic heterocycles. The van der Waals surface area contributed by atoms with Gasteiger partial charge in [-0.15, -0.1) is 0 Å². The molecule has 1 saturated heterocycles. The summed E-state index contributed by atoms with van der Waals surface area (Å²) in [7, 11) is 0. The summed E-state index contributed by atoms with van der Waals surface area (Å²) in [5, 5.41) is 3.37. The maximum Gasteiger partial charge on any atom is 0.264 e. The zero-order chi connectivity index (χ0) is 23.5. The maximum atomic E-state index is 13.3. The molecule has 168 valence electrons. The summed E-state index contributed by atoms with van der Waals surface area (Å²) in [4.78, 5) is 17.6. The molecule has 1 heterocycles. The molecule has 0 aliphatic carbocycles. The number of rotatable bonds is 5. The Hall–Kier alpha value is -2.42. The summed E-state index contributed by atoms with van der Waals surface area (Å²) in [6.45, 7) is 4.27. The second kappa shape index (κ2) is 10.2. The fourth-order valence-corrected chi connectivity index (χ4v) is 4.83. The molecule has 33 heavy (non-hydrogen) atoms. The first-order valence-corrected chi connectivity index (χ1v) is 12.4. The molecule has 4 rings (SSSR count). The Bertz CT molecular complexity index is 1280. The number of aryl methyl sites for hydroxylation is 2. The third kappa shape index (κ3) is 5.93. The van der Waals surface area contributed by atoms with Gasteiger partial charge in [-0.1, -0.05) is 34.1 Å². The minimum atomic E-state index is -0.294. The number of amidine groups is 1. The molecule has 0 unspecified atom stereocenters. The highest BCUT2D eigenvalue weighted by atomic mass is 79.9. The summed E-state index contributed by atoms with van der Waals surface area (Å²) in [6.07, 6.45) is 1.81. The first-order valence-electron chi connectivity index (χ1n) is 10.0. The van der Waals surface area contributed by atoms with E-state index < -0.39 is 0 Å². The van der Waals surface area contributed by atoms with Crippen LogP contribution in [0.2, 0.25) is 0 Å². The van der Waals surface area contributed by atoms with Crippen LogP contribution in [0, 0.1) is 19.7 Å². The van der Waals surface area contributed by atoms with Crippen LogP contribution in [0.15, 0.2) is 73.4 Å². The summed E-state index contributed by atoms with van der Waals surface area (Å²) >= 11 is 8.37. The molecule has 0 saturated carbocycles.